The minimum absolute atomic E-state index is 0.0792. The van der Waals surface area contributed by atoms with E-state index in [2.05, 4.69) is 9.88 Å². The average molecular weight is 292 g/mol. The van der Waals surface area contributed by atoms with E-state index in [1.54, 1.807) is 4.90 Å². The zero-order chi connectivity index (χ0) is 13.9. The number of oxazole rings is 1. The Bertz CT molecular complexity index is 592. The number of amides is 1. The van der Waals surface area contributed by atoms with Crippen LogP contribution in [0.1, 0.15) is 10.5 Å². The third-order valence-corrected chi connectivity index (χ3v) is 3.63. The van der Waals surface area contributed by atoms with Crippen LogP contribution >= 0.6 is 11.6 Å². The molecule has 104 valence electrons. The summed E-state index contributed by atoms with van der Waals surface area (Å²) in [5.41, 5.74) is 1.45. The van der Waals surface area contributed by atoms with Crippen LogP contribution in [0.5, 0.6) is 0 Å². The van der Waals surface area contributed by atoms with Gasteiger partial charge in [-0.25, -0.2) is 4.98 Å². The summed E-state index contributed by atoms with van der Waals surface area (Å²) >= 11 is 6.00. The Balaban J connectivity index is 1.64. The first-order valence-corrected chi connectivity index (χ1v) is 6.80. The number of carbonyl (C=O) groups is 1. The van der Waals surface area contributed by atoms with Crippen molar-refractivity contribution in [2.75, 3.05) is 31.1 Å². The Labute approximate surface area is 121 Å². The number of hydrogen-bond donors (Lipinski definition) is 0. The number of nitrogens with zero attached hydrogens (tertiary/aromatic N) is 3. The molecule has 0 atom stereocenters. The van der Waals surface area contributed by atoms with Gasteiger partial charge >= 0.3 is 0 Å². The Morgan fingerprint density at radius 2 is 2.05 bits per heavy atom. The molecule has 3 rings (SSSR count). The highest BCUT2D eigenvalue weighted by molar-refractivity contribution is 6.30. The van der Waals surface area contributed by atoms with Crippen molar-refractivity contribution in [2.45, 2.75) is 0 Å². The monoisotopic (exact) mass is 291 g/mol. The molecule has 1 aromatic carbocycles. The van der Waals surface area contributed by atoms with Crippen LogP contribution < -0.4 is 4.90 Å². The molecule has 0 unspecified atom stereocenters. The maximum atomic E-state index is 12.1. The van der Waals surface area contributed by atoms with Crippen LogP contribution in [0, 0.1) is 0 Å². The van der Waals surface area contributed by atoms with Crippen LogP contribution in [0.25, 0.3) is 0 Å². The smallest absolute Gasteiger partial charge is 0.275 e. The summed E-state index contributed by atoms with van der Waals surface area (Å²) in [6.45, 7) is 2.89. The van der Waals surface area contributed by atoms with E-state index in [-0.39, 0.29) is 5.91 Å². The second-order valence-corrected chi connectivity index (χ2v) is 5.07. The predicted octanol–water partition coefficient (Wildman–Crippen LogP) is 2.29. The first-order valence-electron chi connectivity index (χ1n) is 6.42. The van der Waals surface area contributed by atoms with Crippen molar-refractivity contribution in [1.82, 2.24) is 9.88 Å². The summed E-state index contributed by atoms with van der Waals surface area (Å²) in [7, 11) is 0. The van der Waals surface area contributed by atoms with E-state index in [1.807, 2.05) is 24.3 Å². The van der Waals surface area contributed by atoms with Gasteiger partial charge in [-0.1, -0.05) is 17.7 Å². The largest absolute Gasteiger partial charge is 0.451 e. The van der Waals surface area contributed by atoms with Crippen molar-refractivity contribution in [1.29, 1.82) is 0 Å². The maximum Gasteiger partial charge on any atom is 0.275 e. The lowest BCUT2D eigenvalue weighted by molar-refractivity contribution is 0.0741. The first kappa shape index (κ1) is 13.0. The van der Waals surface area contributed by atoms with Gasteiger partial charge in [0, 0.05) is 36.9 Å². The molecule has 0 bridgehead atoms. The molecule has 1 fully saturated rings. The number of halogens is 1. The Hall–Kier alpha value is -2.01. The van der Waals surface area contributed by atoms with E-state index >= 15 is 0 Å². The number of piperazine rings is 1. The number of anilines is 1. The molecule has 0 radical (unpaired) electrons. The summed E-state index contributed by atoms with van der Waals surface area (Å²) in [6, 6.07) is 7.76. The fourth-order valence-electron chi connectivity index (χ4n) is 2.32. The molecule has 1 aromatic heterocycles. The zero-order valence-electron chi connectivity index (χ0n) is 10.8. The van der Waals surface area contributed by atoms with Crippen molar-refractivity contribution in [3.8, 4) is 0 Å². The second kappa shape index (κ2) is 5.54. The maximum absolute atomic E-state index is 12.1. The fourth-order valence-corrected chi connectivity index (χ4v) is 2.51. The molecule has 0 spiro atoms. The normalized spacial score (nSPS) is 15.4. The molecule has 2 heterocycles. The molecule has 1 aliphatic heterocycles. The molecule has 6 heteroatoms. The highest BCUT2D eigenvalue weighted by Crippen LogP contribution is 2.21. The first-order chi connectivity index (χ1) is 9.74. The molecular formula is C14H14ClN3O2. The number of hydrogen-bond acceptors (Lipinski definition) is 4. The van der Waals surface area contributed by atoms with E-state index in [0.717, 1.165) is 23.8 Å². The van der Waals surface area contributed by atoms with Gasteiger partial charge in [0.25, 0.3) is 5.91 Å². The lowest BCUT2D eigenvalue weighted by Gasteiger charge is -2.35. The lowest BCUT2D eigenvalue weighted by Crippen LogP contribution is -2.48. The number of aromatic nitrogens is 1. The third kappa shape index (κ3) is 2.63. The summed E-state index contributed by atoms with van der Waals surface area (Å²) in [4.78, 5) is 20.0. The Morgan fingerprint density at radius 1 is 1.25 bits per heavy atom. The van der Waals surface area contributed by atoms with Gasteiger partial charge in [0.2, 0.25) is 0 Å². The van der Waals surface area contributed by atoms with Gasteiger partial charge in [0.05, 0.1) is 0 Å². The second-order valence-electron chi connectivity index (χ2n) is 4.63. The van der Waals surface area contributed by atoms with Crippen molar-refractivity contribution in [3.05, 3.63) is 47.6 Å². The standard InChI is InChI=1S/C14H14ClN3O2/c15-11-2-1-3-12(8-11)17-4-6-18(7-5-17)14(19)13-9-20-10-16-13/h1-3,8-10H,4-7H2. The zero-order valence-corrected chi connectivity index (χ0v) is 11.6. The van der Waals surface area contributed by atoms with E-state index in [9.17, 15) is 4.79 Å². The van der Waals surface area contributed by atoms with Crippen molar-refractivity contribution in [2.24, 2.45) is 0 Å². The van der Waals surface area contributed by atoms with Crippen LogP contribution in [-0.4, -0.2) is 42.0 Å². The number of rotatable bonds is 2. The molecule has 0 aliphatic carbocycles. The third-order valence-electron chi connectivity index (χ3n) is 3.39. The molecule has 5 nitrogen and oxygen atoms in total. The summed E-state index contributed by atoms with van der Waals surface area (Å²) < 4.78 is 4.85. The molecule has 1 aliphatic rings. The molecule has 1 saturated heterocycles. The van der Waals surface area contributed by atoms with E-state index < -0.39 is 0 Å². The van der Waals surface area contributed by atoms with Crippen LogP contribution in [0.4, 0.5) is 5.69 Å². The summed E-state index contributed by atoms with van der Waals surface area (Å²) in [5, 5.41) is 0.726. The van der Waals surface area contributed by atoms with E-state index in [4.69, 9.17) is 16.0 Å². The average Bonchev–Trinajstić information content (AvgIpc) is 3.01. The van der Waals surface area contributed by atoms with E-state index in [0.29, 0.717) is 18.8 Å². The van der Waals surface area contributed by atoms with Gasteiger partial charge in [0.1, 0.15) is 6.26 Å². The van der Waals surface area contributed by atoms with E-state index in [1.165, 1.54) is 12.7 Å². The summed E-state index contributed by atoms with van der Waals surface area (Å²) in [6.07, 6.45) is 2.65. The molecule has 1 amide bonds. The molecule has 2 aromatic rings. The molecule has 0 saturated carbocycles. The quantitative estimate of drug-likeness (QED) is 0.852. The van der Waals surface area contributed by atoms with Gasteiger partial charge in [0.15, 0.2) is 12.1 Å². The van der Waals surface area contributed by atoms with Gasteiger partial charge in [-0.15, -0.1) is 0 Å². The Morgan fingerprint density at radius 3 is 2.70 bits per heavy atom. The number of carbonyl (C=O) groups excluding carboxylic acids is 1. The number of benzene rings is 1. The minimum Gasteiger partial charge on any atom is -0.451 e. The SMILES string of the molecule is O=C(c1cocn1)N1CCN(c2cccc(Cl)c2)CC1. The summed E-state index contributed by atoms with van der Waals surface area (Å²) in [5.74, 6) is -0.0792. The minimum atomic E-state index is -0.0792. The fraction of sp³-hybridized carbons (Fsp3) is 0.286. The lowest BCUT2D eigenvalue weighted by atomic mass is 10.2. The highest BCUT2D eigenvalue weighted by atomic mass is 35.5. The van der Waals surface area contributed by atoms with Gasteiger partial charge < -0.3 is 14.2 Å². The van der Waals surface area contributed by atoms with Crippen LogP contribution in [-0.2, 0) is 0 Å². The van der Waals surface area contributed by atoms with Crippen LogP contribution in [0.2, 0.25) is 5.02 Å². The Kier molecular flexibility index (Phi) is 3.60. The van der Waals surface area contributed by atoms with Crippen molar-refractivity contribution in [3.63, 3.8) is 0 Å². The highest BCUT2D eigenvalue weighted by Gasteiger charge is 2.23. The van der Waals surface area contributed by atoms with Gasteiger partial charge in [-0.05, 0) is 18.2 Å². The molecule has 20 heavy (non-hydrogen) atoms. The predicted molar refractivity (Wildman–Crippen MR) is 76.1 cm³/mol. The van der Waals surface area contributed by atoms with Crippen molar-refractivity contribution < 1.29 is 9.21 Å². The molecule has 0 N–H and O–H groups in total. The van der Waals surface area contributed by atoms with Gasteiger partial charge in [-0.2, -0.15) is 0 Å². The van der Waals surface area contributed by atoms with Crippen LogP contribution in [0.3, 0.4) is 0 Å². The van der Waals surface area contributed by atoms with Crippen LogP contribution in [0.15, 0.2) is 41.3 Å². The van der Waals surface area contributed by atoms with Gasteiger partial charge in [-0.3, -0.25) is 4.79 Å². The topological polar surface area (TPSA) is 49.6 Å². The molecular weight excluding hydrogens is 278 g/mol. The van der Waals surface area contributed by atoms with Crippen molar-refractivity contribution >= 4 is 23.2 Å².